The van der Waals surface area contributed by atoms with Gasteiger partial charge in [-0.1, -0.05) is 0 Å². The average Bonchev–Trinajstić information content (AvgIpc) is 2.32. The third kappa shape index (κ3) is 1.64. The number of ketones is 1. The van der Waals surface area contributed by atoms with Crippen molar-refractivity contribution in [2.24, 2.45) is 5.92 Å². The Morgan fingerprint density at radius 1 is 1.75 bits per heavy atom. The fraction of sp³-hybridized carbons (Fsp3) is 0.750. The lowest BCUT2D eigenvalue weighted by molar-refractivity contribution is -0.151. The predicted octanol–water partition coefficient (Wildman–Crippen LogP) is 0.153. The van der Waals surface area contributed by atoms with Crippen molar-refractivity contribution in [1.29, 1.82) is 0 Å². The van der Waals surface area contributed by atoms with Crippen molar-refractivity contribution in [2.45, 2.75) is 20.0 Å². The highest BCUT2D eigenvalue weighted by Gasteiger charge is 2.39. The van der Waals surface area contributed by atoms with Crippen LogP contribution < -0.4 is 0 Å². The maximum atomic E-state index is 11.1. The number of esters is 1. The van der Waals surface area contributed by atoms with E-state index in [1.54, 1.807) is 13.8 Å². The van der Waals surface area contributed by atoms with E-state index in [2.05, 4.69) is 0 Å². The van der Waals surface area contributed by atoms with E-state index >= 15 is 0 Å². The molecule has 0 radical (unpaired) electrons. The molecule has 2 atom stereocenters. The summed E-state index contributed by atoms with van der Waals surface area (Å²) in [6.07, 6.45) is -0.337. The molecule has 0 aromatic rings. The second-order valence-corrected chi connectivity index (χ2v) is 2.71. The molecule has 1 aliphatic rings. The Morgan fingerprint density at radius 2 is 2.42 bits per heavy atom. The van der Waals surface area contributed by atoms with Crippen molar-refractivity contribution in [1.82, 2.24) is 0 Å². The summed E-state index contributed by atoms with van der Waals surface area (Å²) in [7, 11) is 0. The van der Waals surface area contributed by atoms with Crippen LogP contribution in [0.2, 0.25) is 0 Å². The van der Waals surface area contributed by atoms with Crippen molar-refractivity contribution in [3.63, 3.8) is 0 Å². The number of ether oxygens (including phenoxy) is 2. The van der Waals surface area contributed by atoms with Gasteiger partial charge in [0.05, 0.1) is 12.7 Å². The van der Waals surface area contributed by atoms with Gasteiger partial charge < -0.3 is 9.47 Å². The number of rotatable bonds is 2. The molecule has 1 rings (SSSR count). The summed E-state index contributed by atoms with van der Waals surface area (Å²) in [6, 6.07) is 0. The Morgan fingerprint density at radius 3 is 2.83 bits per heavy atom. The molecule has 1 fully saturated rings. The molecule has 1 aliphatic heterocycles. The predicted molar refractivity (Wildman–Crippen MR) is 40.5 cm³/mol. The highest BCUT2D eigenvalue weighted by molar-refractivity contribution is 6.01. The third-order valence-corrected chi connectivity index (χ3v) is 1.85. The molecule has 0 N–H and O–H groups in total. The Hall–Kier alpha value is -0.900. The Kier molecular flexibility index (Phi) is 2.81. The molecule has 0 aliphatic carbocycles. The van der Waals surface area contributed by atoms with E-state index in [9.17, 15) is 9.59 Å². The quantitative estimate of drug-likeness (QED) is 0.439. The van der Waals surface area contributed by atoms with Crippen LogP contribution in [0.15, 0.2) is 0 Å². The minimum atomic E-state index is -0.704. The molecule has 4 heteroatoms. The van der Waals surface area contributed by atoms with Crippen LogP contribution in [0.4, 0.5) is 0 Å². The minimum absolute atomic E-state index is 0.0324. The number of Topliss-reactive ketones (excluding diaryl/α,β-unsaturated/α-hetero) is 1. The summed E-state index contributed by atoms with van der Waals surface area (Å²) in [6.45, 7) is 3.75. The van der Waals surface area contributed by atoms with Gasteiger partial charge in [-0.15, -0.1) is 0 Å². The Bertz CT molecular complexity index is 199. The molecule has 0 bridgehead atoms. The third-order valence-electron chi connectivity index (χ3n) is 1.85. The highest BCUT2D eigenvalue weighted by atomic mass is 16.5. The van der Waals surface area contributed by atoms with E-state index in [0.29, 0.717) is 6.61 Å². The van der Waals surface area contributed by atoms with Crippen LogP contribution in [0.1, 0.15) is 13.8 Å². The lowest BCUT2D eigenvalue weighted by Gasteiger charge is -2.10. The first-order valence-corrected chi connectivity index (χ1v) is 3.97. The average molecular weight is 172 g/mol. The molecule has 1 heterocycles. The molecule has 0 unspecified atom stereocenters. The van der Waals surface area contributed by atoms with E-state index in [0.717, 1.165) is 0 Å². The SMILES string of the molecule is CCOC(=O)[C@@H]1C(=O)CO[C@@H]1C. The Labute approximate surface area is 70.8 Å². The standard InChI is InChI=1S/C8H12O4/c1-3-11-8(10)7-5(2)12-4-6(7)9/h5,7H,3-4H2,1-2H3/t5-,7+/m1/s1. The zero-order valence-corrected chi connectivity index (χ0v) is 7.20. The highest BCUT2D eigenvalue weighted by Crippen LogP contribution is 2.18. The molecule has 0 aromatic heterocycles. The molecule has 4 nitrogen and oxygen atoms in total. The van der Waals surface area contributed by atoms with Gasteiger partial charge in [0.1, 0.15) is 12.5 Å². The monoisotopic (exact) mass is 172 g/mol. The molecule has 0 aromatic carbocycles. The normalized spacial score (nSPS) is 29.0. The summed E-state index contributed by atoms with van der Waals surface area (Å²) in [5.74, 6) is -1.35. The topological polar surface area (TPSA) is 52.6 Å². The van der Waals surface area contributed by atoms with Crippen molar-refractivity contribution in [2.75, 3.05) is 13.2 Å². The second-order valence-electron chi connectivity index (χ2n) is 2.71. The van der Waals surface area contributed by atoms with Crippen molar-refractivity contribution < 1.29 is 19.1 Å². The fourth-order valence-electron chi connectivity index (χ4n) is 1.22. The molecule has 1 saturated heterocycles. The van der Waals surface area contributed by atoms with Crippen LogP contribution >= 0.6 is 0 Å². The van der Waals surface area contributed by atoms with E-state index in [-0.39, 0.29) is 18.5 Å². The van der Waals surface area contributed by atoms with Gasteiger partial charge in [-0.25, -0.2) is 0 Å². The van der Waals surface area contributed by atoms with Crippen LogP contribution in [0.5, 0.6) is 0 Å². The van der Waals surface area contributed by atoms with Crippen LogP contribution in [0.25, 0.3) is 0 Å². The van der Waals surface area contributed by atoms with Crippen LogP contribution in [0, 0.1) is 5.92 Å². The van der Waals surface area contributed by atoms with Gasteiger partial charge in [0.15, 0.2) is 5.78 Å². The smallest absolute Gasteiger partial charge is 0.319 e. The van der Waals surface area contributed by atoms with Crippen molar-refractivity contribution in [3.8, 4) is 0 Å². The van der Waals surface area contributed by atoms with Crippen molar-refractivity contribution in [3.05, 3.63) is 0 Å². The molecule has 0 saturated carbocycles. The van der Waals surface area contributed by atoms with Gasteiger partial charge in [0.25, 0.3) is 0 Å². The number of hydrogen-bond donors (Lipinski definition) is 0. The number of carbonyl (C=O) groups is 2. The molecule has 68 valence electrons. The maximum absolute atomic E-state index is 11.1. The fourth-order valence-corrected chi connectivity index (χ4v) is 1.22. The van der Waals surface area contributed by atoms with E-state index in [4.69, 9.17) is 9.47 Å². The second kappa shape index (κ2) is 3.67. The van der Waals surface area contributed by atoms with Gasteiger partial charge in [0.2, 0.25) is 0 Å². The van der Waals surface area contributed by atoms with Crippen LogP contribution in [0.3, 0.4) is 0 Å². The van der Waals surface area contributed by atoms with Gasteiger partial charge >= 0.3 is 5.97 Å². The summed E-state index contributed by atoms with van der Waals surface area (Å²) < 4.78 is 9.72. The zero-order valence-electron chi connectivity index (χ0n) is 7.20. The van der Waals surface area contributed by atoms with Gasteiger partial charge in [-0.2, -0.15) is 0 Å². The number of hydrogen-bond acceptors (Lipinski definition) is 4. The largest absolute Gasteiger partial charge is 0.465 e. The molecule has 0 spiro atoms. The van der Waals surface area contributed by atoms with E-state index in [1.807, 2.05) is 0 Å². The van der Waals surface area contributed by atoms with E-state index < -0.39 is 11.9 Å². The molecule has 0 amide bonds. The van der Waals surface area contributed by atoms with E-state index in [1.165, 1.54) is 0 Å². The lowest BCUT2D eigenvalue weighted by atomic mass is 10.0. The summed E-state index contributed by atoms with van der Waals surface area (Å²) in [4.78, 5) is 22.2. The molecular formula is C8H12O4. The maximum Gasteiger partial charge on any atom is 0.319 e. The Balaban J connectivity index is 2.59. The van der Waals surface area contributed by atoms with Gasteiger partial charge in [-0.3, -0.25) is 9.59 Å². The first-order chi connectivity index (χ1) is 5.66. The first kappa shape index (κ1) is 9.19. The van der Waals surface area contributed by atoms with Gasteiger partial charge in [0, 0.05) is 0 Å². The number of carbonyl (C=O) groups excluding carboxylic acids is 2. The molecular weight excluding hydrogens is 160 g/mol. The first-order valence-electron chi connectivity index (χ1n) is 3.97. The van der Waals surface area contributed by atoms with Crippen LogP contribution in [-0.2, 0) is 19.1 Å². The molecule has 12 heavy (non-hydrogen) atoms. The summed E-state index contributed by atoms with van der Waals surface area (Å²) >= 11 is 0. The van der Waals surface area contributed by atoms with Crippen LogP contribution in [-0.4, -0.2) is 31.1 Å². The lowest BCUT2D eigenvalue weighted by Crippen LogP contribution is -2.29. The van der Waals surface area contributed by atoms with Gasteiger partial charge in [-0.05, 0) is 13.8 Å². The summed E-state index contributed by atoms with van der Waals surface area (Å²) in [5, 5.41) is 0. The minimum Gasteiger partial charge on any atom is -0.465 e. The van der Waals surface area contributed by atoms with Crippen molar-refractivity contribution >= 4 is 11.8 Å². The summed E-state index contributed by atoms with van der Waals surface area (Å²) in [5.41, 5.74) is 0. The zero-order chi connectivity index (χ0) is 9.14.